The van der Waals surface area contributed by atoms with Crippen LogP contribution in [-0.2, 0) is 19.9 Å². The van der Waals surface area contributed by atoms with Gasteiger partial charge in [-0.05, 0) is 23.3 Å². The highest BCUT2D eigenvalue weighted by Gasteiger charge is 2.63. The van der Waals surface area contributed by atoms with E-state index in [9.17, 15) is 9.18 Å². The lowest BCUT2D eigenvalue weighted by atomic mass is 9.88. The number of carbonyl (C=O) groups excluding carboxylic acids is 1. The van der Waals surface area contributed by atoms with Gasteiger partial charge in [-0.1, -0.05) is 42.5 Å². The van der Waals surface area contributed by atoms with E-state index in [0.29, 0.717) is 0 Å². The molecule has 0 N–H and O–H groups in total. The highest BCUT2D eigenvalue weighted by Crippen LogP contribution is 2.52. The maximum Gasteiger partial charge on any atom is 0.338 e. The average Bonchev–Trinajstić information content (AvgIpc) is 3.25. The van der Waals surface area contributed by atoms with Gasteiger partial charge in [-0.2, -0.15) is 0 Å². The molecule has 0 spiro atoms. The van der Waals surface area contributed by atoms with Gasteiger partial charge in [-0.25, -0.2) is 9.18 Å². The van der Waals surface area contributed by atoms with Crippen molar-refractivity contribution in [1.29, 1.82) is 0 Å². The molecule has 2 aromatic rings. The maximum absolute atomic E-state index is 13.1. The number of hydrogen-bond donors (Lipinski definition) is 0. The number of ether oxygens (including phenoxy) is 2. The third-order valence-corrected chi connectivity index (χ3v) is 3.51. The summed E-state index contributed by atoms with van der Waals surface area (Å²) in [6, 6.07) is 15.4. The number of epoxide rings is 1. The molecule has 20 heavy (non-hydrogen) atoms. The fraction of sp³-hybridized carbons (Fsp3) is 0.188. The first-order valence-electron chi connectivity index (χ1n) is 6.25. The summed E-state index contributed by atoms with van der Waals surface area (Å²) in [6.45, 7) is 0. The van der Waals surface area contributed by atoms with Crippen molar-refractivity contribution in [2.24, 2.45) is 0 Å². The molecule has 1 saturated heterocycles. The Balaban J connectivity index is 2.07. The number of benzene rings is 2. The van der Waals surface area contributed by atoms with Crippen molar-refractivity contribution in [2.75, 3.05) is 7.11 Å². The van der Waals surface area contributed by atoms with Crippen molar-refractivity contribution in [1.82, 2.24) is 0 Å². The van der Waals surface area contributed by atoms with Crippen LogP contribution in [0.5, 0.6) is 0 Å². The number of hydrogen-bond acceptors (Lipinski definition) is 3. The summed E-state index contributed by atoms with van der Waals surface area (Å²) in [4.78, 5) is 11.8. The topological polar surface area (TPSA) is 38.8 Å². The van der Waals surface area contributed by atoms with Crippen molar-refractivity contribution in [2.45, 2.75) is 11.7 Å². The lowest BCUT2D eigenvalue weighted by Crippen LogP contribution is -2.21. The Kier molecular flexibility index (Phi) is 3.03. The molecule has 0 aromatic heterocycles. The van der Waals surface area contributed by atoms with E-state index in [0.717, 1.165) is 11.1 Å². The second kappa shape index (κ2) is 4.72. The zero-order valence-corrected chi connectivity index (χ0v) is 10.9. The van der Waals surface area contributed by atoms with Crippen LogP contribution >= 0.6 is 0 Å². The minimum atomic E-state index is -0.873. The monoisotopic (exact) mass is 272 g/mol. The largest absolute Gasteiger partial charge is 0.467 e. The Labute approximate surface area is 115 Å². The fourth-order valence-electron chi connectivity index (χ4n) is 2.46. The van der Waals surface area contributed by atoms with Crippen LogP contribution in [0.3, 0.4) is 0 Å². The summed E-state index contributed by atoms with van der Waals surface area (Å²) >= 11 is 0. The summed E-state index contributed by atoms with van der Waals surface area (Å²) in [7, 11) is 1.32. The third kappa shape index (κ3) is 1.89. The number of esters is 1. The van der Waals surface area contributed by atoms with E-state index in [2.05, 4.69) is 0 Å². The molecule has 0 amide bonds. The SMILES string of the molecule is COC(=O)[C@H]1O[C@@]1(c1ccccc1)c1ccc(F)cc1. The van der Waals surface area contributed by atoms with Gasteiger partial charge in [0.15, 0.2) is 11.7 Å². The zero-order valence-electron chi connectivity index (χ0n) is 10.9. The summed E-state index contributed by atoms with van der Waals surface area (Å²) in [5.41, 5.74) is 0.713. The lowest BCUT2D eigenvalue weighted by Gasteiger charge is -2.13. The zero-order chi connectivity index (χ0) is 14.2. The smallest absolute Gasteiger partial charge is 0.338 e. The van der Waals surface area contributed by atoms with Crippen molar-refractivity contribution in [3.63, 3.8) is 0 Å². The minimum absolute atomic E-state index is 0.327. The molecule has 0 radical (unpaired) electrons. The molecule has 2 atom stereocenters. The van der Waals surface area contributed by atoms with Crippen LogP contribution in [0.15, 0.2) is 54.6 Å². The molecule has 4 heteroatoms. The van der Waals surface area contributed by atoms with Gasteiger partial charge < -0.3 is 9.47 Å². The Morgan fingerprint density at radius 2 is 1.70 bits per heavy atom. The molecule has 1 fully saturated rings. The lowest BCUT2D eigenvalue weighted by molar-refractivity contribution is -0.142. The molecule has 0 saturated carbocycles. The molecule has 1 aliphatic heterocycles. The Hall–Kier alpha value is -2.20. The molecular weight excluding hydrogens is 259 g/mol. The number of carbonyl (C=O) groups is 1. The summed E-state index contributed by atoms with van der Waals surface area (Å²) in [5, 5.41) is 0. The summed E-state index contributed by atoms with van der Waals surface area (Å²) in [6.07, 6.45) is -0.694. The Bertz CT molecular complexity index is 624. The molecule has 3 rings (SSSR count). The number of methoxy groups -OCH3 is 1. The number of rotatable bonds is 3. The van der Waals surface area contributed by atoms with Gasteiger partial charge in [0.1, 0.15) is 5.82 Å². The van der Waals surface area contributed by atoms with Crippen LogP contribution in [0.1, 0.15) is 11.1 Å². The van der Waals surface area contributed by atoms with Gasteiger partial charge in [0.05, 0.1) is 7.11 Å². The van der Waals surface area contributed by atoms with Crippen LogP contribution in [0.4, 0.5) is 4.39 Å². The molecule has 0 aliphatic carbocycles. The van der Waals surface area contributed by atoms with E-state index in [1.807, 2.05) is 30.3 Å². The normalized spacial score (nSPS) is 24.2. The first-order chi connectivity index (χ1) is 9.68. The van der Waals surface area contributed by atoms with Gasteiger partial charge in [-0.3, -0.25) is 0 Å². The fourth-order valence-corrected chi connectivity index (χ4v) is 2.46. The predicted octanol–water partition coefficient (Wildman–Crippen LogP) is 2.64. The molecule has 1 aliphatic rings. The highest BCUT2D eigenvalue weighted by molar-refractivity contribution is 5.81. The van der Waals surface area contributed by atoms with Crippen molar-refractivity contribution in [3.05, 3.63) is 71.5 Å². The summed E-state index contributed by atoms with van der Waals surface area (Å²) in [5.74, 6) is -0.759. The first-order valence-corrected chi connectivity index (χ1v) is 6.25. The maximum atomic E-state index is 13.1. The average molecular weight is 272 g/mol. The van der Waals surface area contributed by atoms with E-state index in [1.54, 1.807) is 12.1 Å². The third-order valence-electron chi connectivity index (χ3n) is 3.51. The van der Waals surface area contributed by atoms with Gasteiger partial charge >= 0.3 is 5.97 Å². The Morgan fingerprint density at radius 3 is 2.30 bits per heavy atom. The van der Waals surface area contributed by atoms with Gasteiger partial charge in [-0.15, -0.1) is 0 Å². The quantitative estimate of drug-likeness (QED) is 0.637. The molecular formula is C16H13FO3. The Morgan fingerprint density at radius 1 is 1.10 bits per heavy atom. The molecule has 0 bridgehead atoms. The molecule has 0 unspecified atom stereocenters. The highest BCUT2D eigenvalue weighted by atomic mass is 19.1. The molecule has 2 aromatic carbocycles. The van der Waals surface area contributed by atoms with Gasteiger partial charge in [0.2, 0.25) is 0 Å². The second-order valence-corrected chi connectivity index (χ2v) is 4.63. The van der Waals surface area contributed by atoms with E-state index in [-0.39, 0.29) is 5.82 Å². The van der Waals surface area contributed by atoms with Gasteiger partial charge in [0.25, 0.3) is 0 Å². The van der Waals surface area contributed by atoms with Crippen molar-refractivity contribution in [3.8, 4) is 0 Å². The number of halogens is 1. The first kappa shape index (κ1) is 12.8. The van der Waals surface area contributed by atoms with Crippen molar-refractivity contribution >= 4 is 5.97 Å². The standard InChI is InChI=1S/C16H13FO3/c1-19-15(18)14-16(20-14,11-5-3-2-4-6-11)12-7-9-13(17)10-8-12/h2-10,14H,1H3/t14-,16+/m1/s1. The predicted molar refractivity (Wildman–Crippen MR) is 70.5 cm³/mol. The van der Waals surface area contributed by atoms with Crippen LogP contribution in [-0.4, -0.2) is 19.2 Å². The van der Waals surface area contributed by atoms with E-state index in [4.69, 9.17) is 9.47 Å². The van der Waals surface area contributed by atoms with E-state index < -0.39 is 17.7 Å². The minimum Gasteiger partial charge on any atom is -0.467 e. The van der Waals surface area contributed by atoms with Crippen molar-refractivity contribution < 1.29 is 18.7 Å². The second-order valence-electron chi connectivity index (χ2n) is 4.63. The molecule has 102 valence electrons. The van der Waals surface area contributed by atoms with Crippen LogP contribution < -0.4 is 0 Å². The van der Waals surface area contributed by atoms with Crippen LogP contribution in [0.25, 0.3) is 0 Å². The van der Waals surface area contributed by atoms with Crippen LogP contribution in [0.2, 0.25) is 0 Å². The molecule has 1 heterocycles. The molecule has 3 nitrogen and oxygen atoms in total. The summed E-state index contributed by atoms with van der Waals surface area (Å²) < 4.78 is 23.5. The van der Waals surface area contributed by atoms with E-state index >= 15 is 0 Å². The van der Waals surface area contributed by atoms with Gasteiger partial charge in [0, 0.05) is 0 Å². The van der Waals surface area contributed by atoms with Crippen LogP contribution in [0, 0.1) is 5.82 Å². The van der Waals surface area contributed by atoms with E-state index in [1.165, 1.54) is 19.2 Å².